The molecule has 6 rings (SSSR count). The second kappa shape index (κ2) is 5.70. The Labute approximate surface area is 170 Å². The molecule has 0 fully saturated rings. The van der Waals surface area contributed by atoms with Gasteiger partial charge >= 0.3 is 0 Å². The number of benzene rings is 3. The third-order valence-corrected chi connectivity index (χ3v) is 5.92. The fourth-order valence-electron chi connectivity index (χ4n) is 4.42. The Bertz CT molecular complexity index is 1700. The highest BCUT2D eigenvalue weighted by Crippen LogP contribution is 2.45. The number of phenols is 1. The van der Waals surface area contributed by atoms with Gasteiger partial charge in [-0.05, 0) is 31.2 Å². The topological polar surface area (TPSA) is 74.8 Å². The van der Waals surface area contributed by atoms with E-state index in [-0.39, 0.29) is 28.0 Å². The lowest BCUT2D eigenvalue weighted by molar-refractivity contribution is 0.461. The maximum absolute atomic E-state index is 13.0. The first-order chi connectivity index (χ1) is 14.6. The van der Waals surface area contributed by atoms with Crippen molar-refractivity contribution in [2.75, 3.05) is 0 Å². The molecule has 3 aromatic heterocycles. The molecule has 30 heavy (non-hydrogen) atoms. The van der Waals surface area contributed by atoms with Gasteiger partial charge in [-0.1, -0.05) is 42.5 Å². The van der Waals surface area contributed by atoms with Gasteiger partial charge in [-0.3, -0.25) is 9.20 Å². The summed E-state index contributed by atoms with van der Waals surface area (Å²) >= 11 is 0. The summed E-state index contributed by atoms with van der Waals surface area (Å²) in [6.07, 6.45) is 0. The second-order valence-electron chi connectivity index (χ2n) is 7.56. The second-order valence-corrected chi connectivity index (χ2v) is 7.56. The molecule has 0 amide bonds. The van der Waals surface area contributed by atoms with Crippen molar-refractivity contribution in [3.63, 3.8) is 0 Å². The molecule has 0 aliphatic rings. The van der Waals surface area contributed by atoms with E-state index in [1.165, 1.54) is 0 Å². The van der Waals surface area contributed by atoms with Crippen LogP contribution in [0.2, 0.25) is 0 Å². The molecule has 2 N–H and O–H groups in total. The Morgan fingerprint density at radius 3 is 2.50 bits per heavy atom. The monoisotopic (exact) mass is 392 g/mol. The van der Waals surface area contributed by atoms with Gasteiger partial charge < -0.3 is 10.2 Å². The molecule has 0 bridgehead atoms. The standard InChI is InChI=1S/C25H16N2O3/c1-13-23(28)21-22-16(15-7-3-5-9-20(15)27(22)25(13)30)12-17(24(21)29)19-11-10-14-6-2-4-8-18(14)26-19/h2-12,28-29H,1H3. The SMILES string of the molecule is Cc1c(O)c2c(O)c(-c3ccc4ccccc4n3)cc3c4ccccc4n(c1=O)c23. The number of para-hydroxylation sites is 2. The molecular formula is C25H16N2O3. The van der Waals surface area contributed by atoms with Gasteiger partial charge in [0.1, 0.15) is 11.5 Å². The fourth-order valence-corrected chi connectivity index (χ4v) is 4.42. The van der Waals surface area contributed by atoms with Gasteiger partial charge in [-0.2, -0.15) is 0 Å². The molecule has 3 aromatic carbocycles. The van der Waals surface area contributed by atoms with Crippen molar-refractivity contribution in [3.8, 4) is 22.8 Å². The van der Waals surface area contributed by atoms with Crippen LogP contribution in [0.15, 0.2) is 71.5 Å². The highest BCUT2D eigenvalue weighted by Gasteiger charge is 2.24. The van der Waals surface area contributed by atoms with Gasteiger partial charge in [0.25, 0.3) is 5.56 Å². The first-order valence-corrected chi connectivity index (χ1v) is 9.66. The predicted octanol–water partition coefficient (Wildman–Crippen LogP) is 4.98. The van der Waals surface area contributed by atoms with E-state index in [9.17, 15) is 15.0 Å². The van der Waals surface area contributed by atoms with Gasteiger partial charge in [0, 0.05) is 21.7 Å². The molecule has 0 saturated carbocycles. The molecule has 0 saturated heterocycles. The molecule has 3 heterocycles. The summed E-state index contributed by atoms with van der Waals surface area (Å²) in [4.78, 5) is 17.7. The van der Waals surface area contributed by atoms with E-state index >= 15 is 0 Å². The minimum atomic E-state index is -0.290. The Hall–Kier alpha value is -4.12. The first-order valence-electron chi connectivity index (χ1n) is 9.66. The van der Waals surface area contributed by atoms with Gasteiger partial charge in [0.2, 0.25) is 0 Å². The number of fused-ring (bicyclic) bond motifs is 4. The predicted molar refractivity (Wildman–Crippen MR) is 119 cm³/mol. The summed E-state index contributed by atoms with van der Waals surface area (Å²) in [5.41, 5.74) is 3.10. The molecule has 5 heteroatoms. The van der Waals surface area contributed by atoms with E-state index in [1.807, 2.05) is 66.7 Å². The number of rotatable bonds is 1. The van der Waals surface area contributed by atoms with Crippen LogP contribution in [0.3, 0.4) is 0 Å². The number of nitrogens with zero attached hydrogens (tertiary/aromatic N) is 2. The number of phenolic OH excluding ortho intramolecular Hbond substituents is 1. The zero-order valence-electron chi connectivity index (χ0n) is 16.0. The van der Waals surface area contributed by atoms with Crippen molar-refractivity contribution in [2.45, 2.75) is 6.92 Å². The average Bonchev–Trinajstić information content (AvgIpc) is 3.10. The molecule has 0 spiro atoms. The summed E-state index contributed by atoms with van der Waals surface area (Å²) in [5, 5.41) is 25.0. The van der Waals surface area contributed by atoms with E-state index < -0.39 is 0 Å². The van der Waals surface area contributed by atoms with Crippen LogP contribution >= 0.6 is 0 Å². The molecule has 0 radical (unpaired) electrons. The smallest absolute Gasteiger partial charge is 0.262 e. The molecular weight excluding hydrogens is 376 g/mol. The van der Waals surface area contributed by atoms with Crippen LogP contribution in [0.4, 0.5) is 0 Å². The first kappa shape index (κ1) is 16.8. The van der Waals surface area contributed by atoms with Crippen molar-refractivity contribution in [2.24, 2.45) is 0 Å². The minimum Gasteiger partial charge on any atom is -0.507 e. The quantitative estimate of drug-likeness (QED) is 0.414. The lowest BCUT2D eigenvalue weighted by atomic mass is 9.99. The summed E-state index contributed by atoms with van der Waals surface area (Å²) in [6, 6.07) is 21.0. The Morgan fingerprint density at radius 2 is 1.63 bits per heavy atom. The summed E-state index contributed by atoms with van der Waals surface area (Å²) in [6.45, 7) is 1.57. The van der Waals surface area contributed by atoms with E-state index in [4.69, 9.17) is 4.98 Å². The minimum absolute atomic E-state index is 0.0845. The lowest BCUT2D eigenvalue weighted by Gasteiger charge is -2.12. The van der Waals surface area contributed by atoms with E-state index in [0.29, 0.717) is 16.8 Å². The lowest BCUT2D eigenvalue weighted by Crippen LogP contribution is -2.15. The zero-order valence-corrected chi connectivity index (χ0v) is 16.0. The molecule has 144 valence electrons. The van der Waals surface area contributed by atoms with Crippen LogP contribution in [-0.4, -0.2) is 19.6 Å². The number of pyridine rings is 2. The largest absolute Gasteiger partial charge is 0.507 e. The third-order valence-electron chi connectivity index (χ3n) is 5.92. The van der Waals surface area contributed by atoms with Gasteiger partial charge in [0.05, 0.1) is 33.2 Å². The molecule has 6 aromatic rings. The average molecular weight is 392 g/mol. The van der Waals surface area contributed by atoms with Gasteiger partial charge in [-0.15, -0.1) is 0 Å². The molecule has 0 aliphatic carbocycles. The number of aromatic nitrogens is 2. The van der Waals surface area contributed by atoms with E-state index in [2.05, 4.69) is 0 Å². The van der Waals surface area contributed by atoms with Crippen LogP contribution in [0.5, 0.6) is 11.5 Å². The highest BCUT2D eigenvalue weighted by atomic mass is 16.3. The van der Waals surface area contributed by atoms with Crippen LogP contribution in [0.1, 0.15) is 5.56 Å². The van der Waals surface area contributed by atoms with Gasteiger partial charge in [0.15, 0.2) is 0 Å². The Kier molecular flexibility index (Phi) is 3.19. The molecule has 5 nitrogen and oxygen atoms in total. The normalized spacial score (nSPS) is 11.9. The Morgan fingerprint density at radius 1 is 0.867 bits per heavy atom. The van der Waals surface area contributed by atoms with Crippen LogP contribution < -0.4 is 5.56 Å². The number of hydrogen-bond acceptors (Lipinski definition) is 4. The molecule has 0 atom stereocenters. The maximum Gasteiger partial charge on any atom is 0.262 e. The summed E-state index contributed by atoms with van der Waals surface area (Å²) < 4.78 is 1.58. The number of aromatic hydroxyl groups is 2. The Balaban J connectivity index is 1.84. The number of hydrogen-bond donors (Lipinski definition) is 2. The molecule has 0 unspecified atom stereocenters. The summed E-state index contributed by atoms with van der Waals surface area (Å²) in [7, 11) is 0. The van der Waals surface area contributed by atoms with Crippen LogP contribution in [-0.2, 0) is 0 Å². The van der Waals surface area contributed by atoms with Crippen LogP contribution in [0, 0.1) is 6.92 Å². The van der Waals surface area contributed by atoms with Crippen molar-refractivity contribution in [1.29, 1.82) is 0 Å². The van der Waals surface area contributed by atoms with Crippen molar-refractivity contribution in [3.05, 3.63) is 82.6 Å². The summed E-state index contributed by atoms with van der Waals surface area (Å²) in [5.74, 6) is -0.279. The van der Waals surface area contributed by atoms with Crippen LogP contribution in [0.25, 0.3) is 49.4 Å². The highest BCUT2D eigenvalue weighted by molar-refractivity contribution is 6.19. The maximum atomic E-state index is 13.0. The van der Waals surface area contributed by atoms with E-state index in [0.717, 1.165) is 27.2 Å². The van der Waals surface area contributed by atoms with Crippen molar-refractivity contribution in [1.82, 2.24) is 9.38 Å². The van der Waals surface area contributed by atoms with E-state index in [1.54, 1.807) is 11.3 Å². The molecule has 0 aliphatic heterocycles. The fraction of sp³-hybridized carbons (Fsp3) is 0.0400. The van der Waals surface area contributed by atoms with Gasteiger partial charge in [-0.25, -0.2) is 4.98 Å². The zero-order chi connectivity index (χ0) is 20.6. The van der Waals surface area contributed by atoms with Crippen molar-refractivity contribution < 1.29 is 10.2 Å². The van der Waals surface area contributed by atoms with Crippen molar-refractivity contribution >= 4 is 38.1 Å². The third kappa shape index (κ3) is 2.01.